The molecule has 0 radical (unpaired) electrons. The smallest absolute Gasteiger partial charge is 0.326 e. The van der Waals surface area contributed by atoms with Gasteiger partial charge in [-0.05, 0) is 96.8 Å². The molecule has 1 heterocycles. The molecule has 58 heavy (non-hydrogen) atoms. The summed E-state index contributed by atoms with van der Waals surface area (Å²) in [5, 5.41) is 14.3. The van der Waals surface area contributed by atoms with Gasteiger partial charge in [-0.1, -0.05) is 189 Å². The van der Waals surface area contributed by atoms with Gasteiger partial charge in [-0.15, -0.1) is 0 Å². The van der Waals surface area contributed by atoms with E-state index in [2.05, 4.69) is 207 Å². The molecule has 0 saturated heterocycles. The zero-order valence-electron chi connectivity index (χ0n) is 31.5. The first-order chi connectivity index (χ1) is 28.7. The van der Waals surface area contributed by atoms with Crippen molar-refractivity contribution in [2.45, 2.75) is 0 Å². The van der Waals surface area contributed by atoms with Crippen molar-refractivity contribution in [2.75, 3.05) is 0 Å². The lowest BCUT2D eigenvalue weighted by Crippen LogP contribution is -2.22. The summed E-state index contributed by atoms with van der Waals surface area (Å²) in [5.74, 6) is 1.64. The Morgan fingerprint density at radius 2 is 0.983 bits per heavy atom. The van der Waals surface area contributed by atoms with Crippen molar-refractivity contribution in [2.24, 2.45) is 0 Å². The van der Waals surface area contributed by atoms with Gasteiger partial charge in [-0.3, -0.25) is 0 Å². The van der Waals surface area contributed by atoms with E-state index in [1.54, 1.807) is 0 Å². The van der Waals surface area contributed by atoms with Crippen LogP contribution in [0.3, 0.4) is 0 Å². The third kappa shape index (κ3) is 5.80. The Hall–Kier alpha value is -6.56. The molecule has 0 amide bonds. The highest BCUT2D eigenvalue weighted by molar-refractivity contribution is 7.80. The fourth-order valence-corrected chi connectivity index (χ4v) is 12.6. The summed E-state index contributed by atoms with van der Waals surface area (Å²) in [5.41, 5.74) is 5.63. The number of fused-ring (bicyclic) bond motifs is 9. The third-order valence-electron chi connectivity index (χ3n) is 11.3. The van der Waals surface area contributed by atoms with Gasteiger partial charge in [0.25, 0.3) is 0 Å². The highest BCUT2D eigenvalue weighted by Gasteiger charge is 2.34. The van der Waals surface area contributed by atoms with Crippen molar-refractivity contribution in [1.82, 2.24) is 0 Å². The van der Waals surface area contributed by atoms with Crippen molar-refractivity contribution in [3.8, 4) is 33.8 Å². The molecule has 4 heteroatoms. The summed E-state index contributed by atoms with van der Waals surface area (Å²) in [6, 6.07) is 72.3. The topological polar surface area (TPSA) is 18.5 Å². The molecule has 10 aromatic carbocycles. The Kier molecular flexibility index (Phi) is 8.62. The molecule has 0 spiro atoms. The molecule has 1 atom stereocenters. The Morgan fingerprint density at radius 3 is 1.64 bits per heavy atom. The highest BCUT2D eigenvalue weighted by Crippen LogP contribution is 2.55. The normalized spacial score (nSPS) is 13.4. The van der Waals surface area contributed by atoms with E-state index < -0.39 is 16.3 Å². The molecule has 0 aliphatic carbocycles. The van der Waals surface area contributed by atoms with Gasteiger partial charge < -0.3 is 9.05 Å². The summed E-state index contributed by atoms with van der Waals surface area (Å²) in [7, 11) is -2.59. The van der Waals surface area contributed by atoms with E-state index in [1.807, 2.05) is 6.08 Å². The quantitative estimate of drug-likeness (QED) is 0.150. The number of hydrogen-bond donors (Lipinski definition) is 0. The van der Waals surface area contributed by atoms with Crippen molar-refractivity contribution in [3.05, 3.63) is 212 Å². The fraction of sp³-hybridized carbons (Fsp3) is 0. The van der Waals surface area contributed by atoms with Gasteiger partial charge in [0.05, 0.1) is 5.30 Å². The van der Waals surface area contributed by atoms with Crippen LogP contribution in [-0.2, 0) is 0 Å². The van der Waals surface area contributed by atoms with Gasteiger partial charge in [0.15, 0.2) is 0 Å². The first-order valence-corrected chi connectivity index (χ1v) is 22.1. The van der Waals surface area contributed by atoms with Crippen molar-refractivity contribution in [1.29, 1.82) is 0 Å². The minimum atomic E-state index is -1.62. The predicted octanol–water partition coefficient (Wildman–Crippen LogP) is 13.4. The second kappa shape index (κ2) is 14.4. The van der Waals surface area contributed by atoms with Crippen molar-refractivity contribution in [3.63, 3.8) is 0 Å². The Balaban J connectivity index is 1.19. The minimum absolute atomic E-state index is 0.794. The molecule has 2 nitrogen and oxygen atoms in total. The van der Waals surface area contributed by atoms with Crippen LogP contribution in [0.2, 0.25) is 0 Å². The van der Waals surface area contributed by atoms with Gasteiger partial charge in [0, 0.05) is 22.3 Å². The number of benzene rings is 10. The van der Waals surface area contributed by atoms with E-state index >= 15 is 0 Å². The maximum Gasteiger partial charge on any atom is 0.326 e. The lowest BCUT2D eigenvalue weighted by Gasteiger charge is -2.30. The Morgan fingerprint density at radius 1 is 0.448 bits per heavy atom. The van der Waals surface area contributed by atoms with Crippen molar-refractivity contribution < 1.29 is 9.05 Å². The monoisotopic (exact) mass is 778 g/mol. The molecule has 0 saturated carbocycles. The van der Waals surface area contributed by atoms with Crippen LogP contribution in [0.25, 0.3) is 71.4 Å². The van der Waals surface area contributed by atoms with E-state index in [4.69, 9.17) is 9.05 Å². The lowest BCUT2D eigenvalue weighted by atomic mass is 9.92. The fourth-order valence-electron chi connectivity index (χ4n) is 8.64. The van der Waals surface area contributed by atoms with Gasteiger partial charge in [0.1, 0.15) is 11.5 Å². The highest BCUT2D eigenvalue weighted by atomic mass is 31.2. The molecule has 1 aliphatic heterocycles. The SMILES string of the molecule is C=Cc1ccc2c(-c3c(P(c4ccccc4)c4ccccc4)ccc4ccccc34)c(O[P@@]3Oc4ccc5ccccc5c4-c4c3ccc3ccccc43)ccc2c1. The summed E-state index contributed by atoms with van der Waals surface area (Å²) >= 11 is 0. The number of rotatable bonds is 7. The van der Waals surface area contributed by atoms with Gasteiger partial charge in [0.2, 0.25) is 0 Å². The maximum absolute atomic E-state index is 7.47. The zero-order valence-corrected chi connectivity index (χ0v) is 33.3. The van der Waals surface area contributed by atoms with Crippen LogP contribution in [0.1, 0.15) is 5.56 Å². The maximum atomic E-state index is 7.47. The van der Waals surface area contributed by atoms with Crippen LogP contribution in [0.4, 0.5) is 0 Å². The average molecular weight is 779 g/mol. The van der Waals surface area contributed by atoms with Crippen LogP contribution >= 0.6 is 16.3 Å². The standard InChI is InChI=1S/C54H36O2P2/c1-2-36-25-30-46-40(35-36)27-32-48(56-58-50-34-29-39-17-11-14-24-45(39)54(50)51-43-22-12-9-15-37(43)26-31-47(51)55-58)52(46)53-44-23-13-10-16-38(44)28-33-49(53)57(41-18-5-3-6-19-41)42-20-7-4-8-21-42/h2-35H,1H2/t58-/m1/s1. The molecule has 274 valence electrons. The molecule has 11 rings (SSSR count). The van der Waals surface area contributed by atoms with Crippen LogP contribution in [-0.4, -0.2) is 0 Å². The Bertz CT molecular complexity index is 3170. The second-order valence-electron chi connectivity index (χ2n) is 14.6. The zero-order chi connectivity index (χ0) is 38.6. The minimum Gasteiger partial charge on any atom is -0.435 e. The molecular formula is C54H36O2P2. The van der Waals surface area contributed by atoms with Gasteiger partial charge in [-0.25, -0.2) is 0 Å². The number of hydrogen-bond acceptors (Lipinski definition) is 2. The largest absolute Gasteiger partial charge is 0.435 e. The first kappa shape index (κ1) is 34.7. The average Bonchev–Trinajstić information content (AvgIpc) is 3.29. The van der Waals surface area contributed by atoms with Crippen LogP contribution in [0.15, 0.2) is 207 Å². The molecule has 0 unspecified atom stereocenters. The second-order valence-corrected chi connectivity index (χ2v) is 18.1. The van der Waals surface area contributed by atoms with E-state index in [0.717, 1.165) is 44.3 Å². The molecular weight excluding hydrogens is 743 g/mol. The molecule has 1 aliphatic rings. The molecule has 0 N–H and O–H groups in total. The summed E-state index contributed by atoms with van der Waals surface area (Å²) in [6.07, 6.45) is 1.92. The van der Waals surface area contributed by atoms with E-state index in [-0.39, 0.29) is 0 Å². The van der Waals surface area contributed by atoms with E-state index in [0.29, 0.717) is 0 Å². The Labute approximate surface area is 340 Å². The van der Waals surface area contributed by atoms with Gasteiger partial charge >= 0.3 is 8.38 Å². The molecule has 0 bridgehead atoms. The van der Waals surface area contributed by atoms with Gasteiger partial charge in [-0.2, -0.15) is 0 Å². The molecule has 10 aromatic rings. The lowest BCUT2D eigenvalue weighted by molar-refractivity contribution is 0.502. The summed E-state index contributed by atoms with van der Waals surface area (Å²) < 4.78 is 14.6. The van der Waals surface area contributed by atoms with Crippen molar-refractivity contribution >= 4 is 86.7 Å². The van der Waals surface area contributed by atoms with E-state index in [9.17, 15) is 0 Å². The summed E-state index contributed by atoms with van der Waals surface area (Å²) in [6.45, 7) is 4.10. The first-order valence-electron chi connectivity index (χ1n) is 19.5. The van der Waals surface area contributed by atoms with Crippen LogP contribution in [0, 0.1) is 0 Å². The van der Waals surface area contributed by atoms with E-state index in [1.165, 1.54) is 59.4 Å². The predicted molar refractivity (Wildman–Crippen MR) is 250 cm³/mol. The molecule has 0 aromatic heterocycles. The van der Waals surface area contributed by atoms with Crippen LogP contribution in [0.5, 0.6) is 11.5 Å². The van der Waals surface area contributed by atoms with Crippen LogP contribution < -0.4 is 30.3 Å². The third-order valence-corrected chi connectivity index (χ3v) is 15.2. The molecule has 0 fully saturated rings. The summed E-state index contributed by atoms with van der Waals surface area (Å²) in [4.78, 5) is 0.